The molecule has 6 nitrogen and oxygen atoms in total. The smallest absolute Gasteiger partial charge is 0.333 e. The molecule has 3 rings (SSSR count). The monoisotopic (exact) mass is 402 g/mol. The molecule has 0 amide bonds. The largest absolute Gasteiger partial charge is 0.479 e. The second-order valence-corrected chi connectivity index (χ2v) is 6.90. The first-order valence-corrected chi connectivity index (χ1v) is 9.69. The number of hydrogen-bond donors (Lipinski definition) is 1. The second kappa shape index (κ2) is 9.60. The topological polar surface area (TPSA) is 87.0 Å². The molecule has 30 heavy (non-hydrogen) atoms. The van der Waals surface area contributed by atoms with Crippen LogP contribution in [0.4, 0.5) is 5.69 Å². The van der Waals surface area contributed by atoms with Gasteiger partial charge in [-0.25, -0.2) is 9.80 Å². The van der Waals surface area contributed by atoms with Gasteiger partial charge in [0.05, 0.1) is 11.0 Å². The van der Waals surface area contributed by atoms with Crippen molar-refractivity contribution in [3.05, 3.63) is 106 Å². The third kappa shape index (κ3) is 4.60. The summed E-state index contributed by atoms with van der Waals surface area (Å²) in [7, 11) is 0. The Morgan fingerprint density at radius 2 is 1.47 bits per heavy atom. The van der Waals surface area contributed by atoms with Gasteiger partial charge < -0.3 is 5.11 Å². The number of nitroso groups, excluding NO2 is 1. The number of rotatable bonds is 9. The summed E-state index contributed by atoms with van der Waals surface area (Å²) in [6, 6.07) is 20.8. The van der Waals surface area contributed by atoms with Gasteiger partial charge in [0.1, 0.15) is 0 Å². The summed E-state index contributed by atoms with van der Waals surface area (Å²) in [5.74, 6) is -1.35. The Morgan fingerprint density at radius 3 is 1.97 bits per heavy atom. The molecular formula is C24H22N2O4. The molecule has 0 radical (unpaired) electrons. The Hall–Kier alpha value is -3.80. The molecule has 152 valence electrons. The number of ketones is 1. The van der Waals surface area contributed by atoms with Crippen molar-refractivity contribution in [1.29, 1.82) is 0 Å². The molecule has 0 aliphatic heterocycles. The molecule has 0 saturated heterocycles. The molecule has 0 saturated carbocycles. The van der Waals surface area contributed by atoms with Crippen LogP contribution in [0.25, 0.3) is 0 Å². The lowest BCUT2D eigenvalue weighted by Gasteiger charge is -2.23. The van der Waals surface area contributed by atoms with Gasteiger partial charge in [0, 0.05) is 11.1 Å². The maximum atomic E-state index is 12.7. The van der Waals surface area contributed by atoms with Crippen molar-refractivity contribution in [2.24, 2.45) is 5.29 Å². The number of carboxylic acids is 1. The van der Waals surface area contributed by atoms with E-state index in [9.17, 15) is 19.6 Å². The van der Waals surface area contributed by atoms with Crippen molar-refractivity contribution < 1.29 is 14.7 Å². The van der Waals surface area contributed by atoms with Crippen molar-refractivity contribution in [3.63, 3.8) is 0 Å². The zero-order valence-corrected chi connectivity index (χ0v) is 16.6. The number of nitrogens with zero attached hydrogens (tertiary/aromatic N) is 2. The third-order valence-electron chi connectivity index (χ3n) is 4.83. The van der Waals surface area contributed by atoms with Crippen LogP contribution < -0.4 is 5.01 Å². The zero-order valence-electron chi connectivity index (χ0n) is 16.6. The molecule has 1 unspecified atom stereocenters. The average Bonchev–Trinajstić information content (AvgIpc) is 2.78. The van der Waals surface area contributed by atoms with E-state index in [0.717, 1.165) is 17.9 Å². The van der Waals surface area contributed by atoms with E-state index in [1.54, 1.807) is 54.6 Å². The molecule has 0 aliphatic rings. The van der Waals surface area contributed by atoms with E-state index in [0.29, 0.717) is 16.7 Å². The van der Waals surface area contributed by atoms with Crippen LogP contribution >= 0.6 is 0 Å². The van der Waals surface area contributed by atoms with Gasteiger partial charge >= 0.3 is 5.97 Å². The van der Waals surface area contributed by atoms with E-state index in [1.807, 2.05) is 12.1 Å². The minimum atomic E-state index is -1.27. The molecule has 3 aromatic carbocycles. The maximum absolute atomic E-state index is 12.7. The number of hydrogen-bond acceptors (Lipinski definition) is 4. The van der Waals surface area contributed by atoms with Crippen molar-refractivity contribution in [2.45, 2.75) is 25.8 Å². The standard InChI is InChI=1S/C24H22N2O4/c1-2-6-17-9-11-19(12-10-17)23(27)20-13-15-21(16-14-20)26(25-30)22(24(28)29)18-7-4-3-5-8-18/h3-5,7-16,22H,2,6H2,1H3,(H,28,29). The fourth-order valence-electron chi connectivity index (χ4n) is 3.31. The van der Waals surface area contributed by atoms with Crippen LogP contribution in [-0.4, -0.2) is 16.9 Å². The Morgan fingerprint density at radius 1 is 0.900 bits per heavy atom. The van der Waals surface area contributed by atoms with Gasteiger partial charge in [-0.15, -0.1) is 4.91 Å². The third-order valence-corrected chi connectivity index (χ3v) is 4.83. The molecule has 0 aliphatic carbocycles. The normalized spacial score (nSPS) is 11.5. The molecule has 0 fully saturated rings. The van der Waals surface area contributed by atoms with Crippen LogP contribution in [0.3, 0.4) is 0 Å². The lowest BCUT2D eigenvalue weighted by atomic mass is 10.0. The van der Waals surface area contributed by atoms with E-state index in [4.69, 9.17) is 0 Å². The lowest BCUT2D eigenvalue weighted by Crippen LogP contribution is -2.29. The van der Waals surface area contributed by atoms with Crippen molar-refractivity contribution >= 4 is 17.4 Å². The SMILES string of the molecule is CCCc1ccc(C(=O)c2ccc(N(N=O)C(C(=O)O)c3ccccc3)cc2)cc1. The summed E-state index contributed by atoms with van der Waals surface area (Å²) in [4.78, 5) is 36.0. The quantitative estimate of drug-likeness (QED) is 0.303. The number of anilines is 1. The highest BCUT2D eigenvalue weighted by Crippen LogP contribution is 2.28. The van der Waals surface area contributed by atoms with Gasteiger partial charge in [0.15, 0.2) is 11.8 Å². The summed E-state index contributed by atoms with van der Waals surface area (Å²) in [6.45, 7) is 2.10. The van der Waals surface area contributed by atoms with Crippen LogP contribution in [0, 0.1) is 4.91 Å². The van der Waals surface area contributed by atoms with E-state index >= 15 is 0 Å². The van der Waals surface area contributed by atoms with E-state index in [2.05, 4.69) is 12.2 Å². The Kier molecular flexibility index (Phi) is 6.70. The fourth-order valence-corrected chi connectivity index (χ4v) is 3.31. The molecule has 0 heterocycles. The van der Waals surface area contributed by atoms with Gasteiger partial charge in [-0.1, -0.05) is 67.9 Å². The van der Waals surface area contributed by atoms with Gasteiger partial charge in [-0.05, 0) is 41.8 Å². The van der Waals surface area contributed by atoms with Crippen LogP contribution in [0.2, 0.25) is 0 Å². The summed E-state index contributed by atoms with van der Waals surface area (Å²) >= 11 is 0. The van der Waals surface area contributed by atoms with Gasteiger partial charge in [-0.3, -0.25) is 4.79 Å². The molecule has 6 heteroatoms. The van der Waals surface area contributed by atoms with E-state index < -0.39 is 12.0 Å². The average molecular weight is 402 g/mol. The molecule has 1 N–H and O–H groups in total. The van der Waals surface area contributed by atoms with Crippen molar-refractivity contribution in [1.82, 2.24) is 0 Å². The van der Waals surface area contributed by atoms with E-state index in [-0.39, 0.29) is 11.5 Å². The molecule has 0 spiro atoms. The Labute approximate surface area is 174 Å². The van der Waals surface area contributed by atoms with Crippen LogP contribution in [0.5, 0.6) is 0 Å². The number of aliphatic carboxylic acids is 1. The van der Waals surface area contributed by atoms with Crippen LogP contribution in [0.1, 0.15) is 46.4 Å². The minimum absolute atomic E-state index is 0.145. The molecule has 1 atom stereocenters. The molecular weight excluding hydrogens is 380 g/mol. The van der Waals surface area contributed by atoms with E-state index in [1.165, 1.54) is 17.7 Å². The summed E-state index contributed by atoms with van der Waals surface area (Å²) in [5.41, 5.74) is 2.91. The zero-order chi connectivity index (χ0) is 21.5. The van der Waals surface area contributed by atoms with Gasteiger partial charge in [0.2, 0.25) is 0 Å². The second-order valence-electron chi connectivity index (χ2n) is 6.90. The number of benzene rings is 3. The van der Waals surface area contributed by atoms with Crippen molar-refractivity contribution in [2.75, 3.05) is 5.01 Å². The number of carboxylic acid groups (broad SMARTS) is 1. The lowest BCUT2D eigenvalue weighted by molar-refractivity contribution is -0.138. The number of carbonyl (C=O) groups is 2. The first kappa shape index (κ1) is 20.9. The highest BCUT2D eigenvalue weighted by Gasteiger charge is 2.29. The maximum Gasteiger partial charge on any atom is 0.333 e. The first-order chi connectivity index (χ1) is 14.5. The number of aryl methyl sites for hydroxylation is 1. The molecule has 0 bridgehead atoms. The fraction of sp³-hybridized carbons (Fsp3) is 0.167. The Balaban J connectivity index is 1.84. The van der Waals surface area contributed by atoms with Crippen molar-refractivity contribution in [3.8, 4) is 0 Å². The predicted octanol–water partition coefficient (Wildman–Crippen LogP) is 5.18. The van der Waals surface area contributed by atoms with Crippen LogP contribution in [0.15, 0.2) is 84.1 Å². The Bertz CT molecular complexity index is 1020. The number of carbonyl (C=O) groups excluding carboxylic acids is 1. The van der Waals surface area contributed by atoms with Gasteiger partial charge in [-0.2, -0.15) is 0 Å². The predicted molar refractivity (Wildman–Crippen MR) is 115 cm³/mol. The minimum Gasteiger partial charge on any atom is -0.479 e. The summed E-state index contributed by atoms with van der Waals surface area (Å²) < 4.78 is 0. The summed E-state index contributed by atoms with van der Waals surface area (Å²) in [6.07, 6.45) is 2.00. The summed E-state index contributed by atoms with van der Waals surface area (Å²) in [5, 5.41) is 13.5. The highest BCUT2D eigenvalue weighted by atomic mass is 16.4. The first-order valence-electron chi connectivity index (χ1n) is 9.69. The highest BCUT2D eigenvalue weighted by molar-refractivity contribution is 6.09. The van der Waals surface area contributed by atoms with Crippen LogP contribution in [-0.2, 0) is 11.2 Å². The molecule has 0 aromatic heterocycles. The van der Waals surface area contributed by atoms with Gasteiger partial charge in [0.25, 0.3) is 0 Å². The molecule has 3 aromatic rings.